The number of benzene rings is 2. The number of carbonyl (C=O) groups is 4. The second-order valence-electron chi connectivity index (χ2n) is 12.2. The Balaban J connectivity index is 1.42. The van der Waals surface area contributed by atoms with Gasteiger partial charge in [-0.3, -0.25) is 19.2 Å². The first-order valence-corrected chi connectivity index (χ1v) is 15.3. The number of Topliss-reactive ketones (excluding diaryl/α,β-unsaturated/α-hetero) is 2. The summed E-state index contributed by atoms with van der Waals surface area (Å²) in [5, 5.41) is 32.5. The van der Waals surface area contributed by atoms with Gasteiger partial charge in [0.25, 0.3) is 0 Å². The highest BCUT2D eigenvalue weighted by molar-refractivity contribution is 6.06. The van der Waals surface area contributed by atoms with Gasteiger partial charge in [0.1, 0.15) is 17.0 Å². The summed E-state index contributed by atoms with van der Waals surface area (Å²) in [6, 6.07) is 12.8. The number of hydrogen-bond donors (Lipinski definition) is 3. The van der Waals surface area contributed by atoms with Crippen LogP contribution in [0.15, 0.2) is 48.5 Å². The molecule has 2 aliphatic rings. The Bertz CT molecular complexity index is 1240. The zero-order chi connectivity index (χ0) is 32.1. The fraction of sp³-hybridized carbons (Fsp3) is 0.529. The molecule has 4 atom stereocenters. The minimum absolute atomic E-state index is 0.143. The molecule has 0 aliphatic heterocycles. The highest BCUT2D eigenvalue weighted by Gasteiger charge is 2.51. The van der Waals surface area contributed by atoms with E-state index in [0.717, 1.165) is 0 Å². The zero-order valence-electron chi connectivity index (χ0n) is 25.8. The summed E-state index contributed by atoms with van der Waals surface area (Å²) in [4.78, 5) is 57.0. The molecule has 2 amide bonds. The molecular weight excluding hydrogens is 564 g/mol. The third-order valence-corrected chi connectivity index (χ3v) is 9.41. The fourth-order valence-electron chi connectivity index (χ4n) is 6.57. The molecule has 10 heteroatoms. The minimum atomic E-state index is -1.85. The lowest BCUT2D eigenvalue weighted by molar-refractivity contribution is -0.148. The second kappa shape index (κ2) is 14.0. The SMILES string of the molecule is COc1ccc(C(=O)C2(O)CCCCC2C(=O)N(C)CCN(C)C(=O)C2CCCCC2(O)C(=O)c2ccc(CO)cc2)cc1. The van der Waals surface area contributed by atoms with Gasteiger partial charge in [0, 0.05) is 38.3 Å². The molecule has 44 heavy (non-hydrogen) atoms. The van der Waals surface area contributed by atoms with E-state index in [4.69, 9.17) is 4.74 Å². The van der Waals surface area contributed by atoms with Crippen LogP contribution in [0.2, 0.25) is 0 Å². The van der Waals surface area contributed by atoms with Crippen LogP contribution in [0.5, 0.6) is 5.75 Å². The van der Waals surface area contributed by atoms with Crippen LogP contribution in [0.1, 0.15) is 77.6 Å². The molecule has 0 aromatic heterocycles. The Labute approximate surface area is 258 Å². The summed E-state index contributed by atoms with van der Waals surface area (Å²) in [6.07, 6.45) is 3.71. The van der Waals surface area contributed by atoms with E-state index < -0.39 is 34.6 Å². The lowest BCUT2D eigenvalue weighted by atomic mass is 9.70. The van der Waals surface area contributed by atoms with Gasteiger partial charge in [-0.1, -0.05) is 49.9 Å². The van der Waals surface area contributed by atoms with Crippen LogP contribution in [0, 0.1) is 11.8 Å². The number of nitrogens with zero attached hydrogens (tertiary/aromatic N) is 2. The molecule has 2 aromatic carbocycles. The first-order chi connectivity index (χ1) is 21.0. The van der Waals surface area contributed by atoms with Crippen molar-refractivity contribution in [3.63, 3.8) is 0 Å². The molecule has 0 bridgehead atoms. The van der Waals surface area contributed by atoms with E-state index >= 15 is 0 Å². The number of ether oxygens (including phenoxy) is 1. The van der Waals surface area contributed by atoms with Crippen LogP contribution >= 0.6 is 0 Å². The maximum atomic E-state index is 13.6. The number of rotatable bonds is 11. The van der Waals surface area contributed by atoms with Gasteiger partial charge < -0.3 is 29.9 Å². The van der Waals surface area contributed by atoms with Gasteiger partial charge in [-0.15, -0.1) is 0 Å². The van der Waals surface area contributed by atoms with Gasteiger partial charge in [-0.05, 0) is 55.5 Å². The van der Waals surface area contributed by atoms with Crippen molar-refractivity contribution in [2.45, 2.75) is 69.2 Å². The predicted octanol–water partition coefficient (Wildman–Crippen LogP) is 3.01. The van der Waals surface area contributed by atoms with Gasteiger partial charge in [0.05, 0.1) is 25.6 Å². The van der Waals surface area contributed by atoms with E-state index in [-0.39, 0.29) is 49.9 Å². The van der Waals surface area contributed by atoms with Crippen LogP contribution < -0.4 is 4.74 Å². The van der Waals surface area contributed by atoms with Gasteiger partial charge in [0.15, 0.2) is 11.6 Å². The average Bonchev–Trinajstić information content (AvgIpc) is 3.06. The Morgan fingerprint density at radius 2 is 1.14 bits per heavy atom. The van der Waals surface area contributed by atoms with Crippen molar-refractivity contribution in [3.05, 3.63) is 65.2 Å². The summed E-state index contributed by atoms with van der Waals surface area (Å²) in [7, 11) is 4.69. The third kappa shape index (κ3) is 6.72. The molecule has 2 aromatic rings. The molecule has 238 valence electrons. The number of carbonyl (C=O) groups excluding carboxylic acids is 4. The standard InChI is InChI=1S/C34H44N2O8/c1-35(31(40)27-8-4-6-18-33(27,42)29(38)24-12-10-23(22-37)11-13-24)20-21-36(2)32(41)28-9-5-7-19-34(28,43)30(39)25-14-16-26(44-3)17-15-25/h10-17,27-28,37,42-43H,4-9,18-22H2,1-3H3. The van der Waals surface area contributed by atoms with Crippen molar-refractivity contribution < 1.29 is 39.2 Å². The van der Waals surface area contributed by atoms with Crippen LogP contribution in [0.3, 0.4) is 0 Å². The number of amides is 2. The van der Waals surface area contributed by atoms with Crippen molar-refractivity contribution in [3.8, 4) is 5.75 Å². The van der Waals surface area contributed by atoms with Crippen molar-refractivity contribution in [2.75, 3.05) is 34.3 Å². The normalized spacial score (nSPS) is 25.1. The van der Waals surface area contributed by atoms with E-state index in [1.165, 1.54) is 16.9 Å². The number of likely N-dealkylation sites (N-methyl/N-ethyl adjacent to an activating group) is 2. The van der Waals surface area contributed by atoms with Crippen molar-refractivity contribution in [1.82, 2.24) is 9.80 Å². The fourth-order valence-corrected chi connectivity index (χ4v) is 6.57. The Morgan fingerprint density at radius 1 is 0.727 bits per heavy atom. The Kier molecular flexibility index (Phi) is 10.6. The molecular formula is C34H44N2O8. The minimum Gasteiger partial charge on any atom is -0.497 e. The van der Waals surface area contributed by atoms with Gasteiger partial charge in [0.2, 0.25) is 11.8 Å². The molecule has 0 saturated heterocycles. The van der Waals surface area contributed by atoms with Crippen molar-refractivity contribution in [1.29, 1.82) is 0 Å². The topological polar surface area (TPSA) is 145 Å². The van der Waals surface area contributed by atoms with Crippen LogP contribution in [0.4, 0.5) is 0 Å². The lowest BCUT2D eigenvalue weighted by Crippen LogP contribution is -2.56. The third-order valence-electron chi connectivity index (χ3n) is 9.41. The van der Waals surface area contributed by atoms with Gasteiger partial charge in [-0.25, -0.2) is 0 Å². The molecule has 4 rings (SSSR count). The second-order valence-corrected chi connectivity index (χ2v) is 12.2. The van der Waals surface area contributed by atoms with Crippen LogP contribution in [-0.4, -0.2) is 94.0 Å². The van der Waals surface area contributed by atoms with Crippen molar-refractivity contribution in [2.24, 2.45) is 11.8 Å². The molecule has 4 unspecified atom stereocenters. The number of ketones is 2. The maximum Gasteiger partial charge on any atom is 0.228 e. The number of aliphatic hydroxyl groups excluding tert-OH is 1. The molecule has 0 radical (unpaired) electrons. The molecule has 0 spiro atoms. The summed E-state index contributed by atoms with van der Waals surface area (Å²) in [5.74, 6) is -3.03. The Hall–Kier alpha value is -3.60. The molecule has 10 nitrogen and oxygen atoms in total. The molecule has 2 fully saturated rings. The maximum absolute atomic E-state index is 13.6. The van der Waals surface area contributed by atoms with E-state index in [1.807, 2.05) is 0 Å². The first-order valence-electron chi connectivity index (χ1n) is 15.3. The summed E-state index contributed by atoms with van der Waals surface area (Å²) in [5.41, 5.74) is -2.47. The summed E-state index contributed by atoms with van der Waals surface area (Å²) < 4.78 is 5.16. The van der Waals surface area contributed by atoms with Gasteiger partial charge >= 0.3 is 0 Å². The molecule has 0 heterocycles. The zero-order valence-corrected chi connectivity index (χ0v) is 25.8. The van der Waals surface area contributed by atoms with Crippen LogP contribution in [-0.2, 0) is 16.2 Å². The van der Waals surface area contributed by atoms with Crippen molar-refractivity contribution >= 4 is 23.4 Å². The molecule has 3 N–H and O–H groups in total. The van der Waals surface area contributed by atoms with E-state index in [0.29, 0.717) is 55.4 Å². The highest BCUT2D eigenvalue weighted by atomic mass is 16.5. The lowest BCUT2D eigenvalue weighted by Gasteiger charge is -2.40. The van der Waals surface area contributed by atoms with Crippen LogP contribution in [0.25, 0.3) is 0 Å². The monoisotopic (exact) mass is 608 g/mol. The van der Waals surface area contributed by atoms with E-state index in [1.54, 1.807) is 62.6 Å². The van der Waals surface area contributed by atoms with Gasteiger partial charge in [-0.2, -0.15) is 0 Å². The largest absolute Gasteiger partial charge is 0.497 e. The smallest absolute Gasteiger partial charge is 0.228 e. The Morgan fingerprint density at radius 3 is 1.52 bits per heavy atom. The van der Waals surface area contributed by atoms with E-state index in [2.05, 4.69) is 0 Å². The number of hydrogen-bond acceptors (Lipinski definition) is 8. The highest BCUT2D eigenvalue weighted by Crippen LogP contribution is 2.39. The molecule has 2 aliphatic carbocycles. The molecule has 2 saturated carbocycles. The quantitative estimate of drug-likeness (QED) is 0.330. The first kappa shape index (κ1) is 33.3. The number of aliphatic hydroxyl groups is 3. The predicted molar refractivity (Wildman–Crippen MR) is 163 cm³/mol. The average molecular weight is 609 g/mol. The van der Waals surface area contributed by atoms with E-state index in [9.17, 15) is 34.5 Å². The summed E-state index contributed by atoms with van der Waals surface area (Å²) in [6.45, 7) is 0.122. The number of methoxy groups -OCH3 is 1. The summed E-state index contributed by atoms with van der Waals surface area (Å²) >= 11 is 0.